The molecule has 1 atom stereocenters. The van der Waals surface area contributed by atoms with E-state index < -0.39 is 39.9 Å². The Morgan fingerprint density at radius 1 is 1.22 bits per heavy atom. The second kappa shape index (κ2) is 8.05. The lowest BCUT2D eigenvalue weighted by Crippen LogP contribution is -2.58. The number of piperidine rings is 1. The Hall–Kier alpha value is -2.08. The summed E-state index contributed by atoms with van der Waals surface area (Å²) >= 11 is 0. The van der Waals surface area contributed by atoms with Crippen LogP contribution in [-0.2, 0) is 14.8 Å². The number of hydrogen-bond acceptors (Lipinski definition) is 7. The van der Waals surface area contributed by atoms with Crippen molar-refractivity contribution in [1.82, 2.24) is 14.3 Å². The molecular formula is C20H29F2N5O4S. The standard InChI is InChI=1S/C20H29F2N5O4S/c1-19(2)17(28)27(14-5-4-8-20(21,22)11-14)16-15(31-19)12-23-18(25-16)24-13-6-9-26(10-7-13)32(3,29)30/h12-14H,4-11H2,1-3H3,(H,23,24,25)/t14-/m0/s1. The van der Waals surface area contributed by atoms with Crippen molar-refractivity contribution in [3.8, 4) is 5.75 Å². The predicted octanol–water partition coefficient (Wildman–Crippen LogP) is 2.39. The molecule has 0 aromatic carbocycles. The van der Waals surface area contributed by atoms with E-state index in [1.54, 1.807) is 13.8 Å². The summed E-state index contributed by atoms with van der Waals surface area (Å²) in [6.07, 6.45) is 4.00. The summed E-state index contributed by atoms with van der Waals surface area (Å²) in [6, 6.07) is -0.718. The zero-order valence-electron chi connectivity index (χ0n) is 18.5. The van der Waals surface area contributed by atoms with E-state index in [1.807, 2.05) is 0 Å². The highest BCUT2D eigenvalue weighted by Gasteiger charge is 2.48. The fourth-order valence-electron chi connectivity index (χ4n) is 4.60. The summed E-state index contributed by atoms with van der Waals surface area (Å²) < 4.78 is 58.9. The first kappa shape index (κ1) is 23.1. The van der Waals surface area contributed by atoms with Crippen LogP contribution < -0.4 is 15.0 Å². The van der Waals surface area contributed by atoms with E-state index in [9.17, 15) is 22.0 Å². The van der Waals surface area contributed by atoms with Crippen LogP contribution in [0, 0.1) is 0 Å². The molecule has 1 aliphatic carbocycles. The highest BCUT2D eigenvalue weighted by Crippen LogP contribution is 2.43. The number of sulfonamides is 1. The van der Waals surface area contributed by atoms with Crippen molar-refractivity contribution in [3.05, 3.63) is 6.20 Å². The molecule has 4 rings (SSSR count). The zero-order chi connectivity index (χ0) is 23.3. The SMILES string of the molecule is CC1(C)Oc2cnc(NC3CCN(S(C)(=O)=O)CC3)nc2N([C@H]2CCCC(F)(F)C2)C1=O. The van der Waals surface area contributed by atoms with E-state index in [2.05, 4.69) is 15.3 Å². The monoisotopic (exact) mass is 473 g/mol. The van der Waals surface area contributed by atoms with Gasteiger partial charge in [-0.2, -0.15) is 4.98 Å². The molecule has 0 bridgehead atoms. The Morgan fingerprint density at radius 3 is 2.53 bits per heavy atom. The lowest BCUT2D eigenvalue weighted by molar-refractivity contribution is -0.134. The highest BCUT2D eigenvalue weighted by molar-refractivity contribution is 7.88. The number of alkyl halides is 2. The van der Waals surface area contributed by atoms with Gasteiger partial charge in [0.15, 0.2) is 17.2 Å². The molecule has 1 N–H and O–H groups in total. The average molecular weight is 474 g/mol. The van der Waals surface area contributed by atoms with Gasteiger partial charge in [-0.05, 0) is 39.5 Å². The van der Waals surface area contributed by atoms with Gasteiger partial charge in [0.2, 0.25) is 21.9 Å². The van der Waals surface area contributed by atoms with Crippen LogP contribution in [0.5, 0.6) is 5.75 Å². The summed E-state index contributed by atoms with van der Waals surface area (Å²) in [7, 11) is -3.23. The van der Waals surface area contributed by atoms with Crippen molar-refractivity contribution in [2.45, 2.75) is 76.0 Å². The summed E-state index contributed by atoms with van der Waals surface area (Å²) in [5.41, 5.74) is -1.21. The number of fused-ring (bicyclic) bond motifs is 1. The van der Waals surface area contributed by atoms with Crippen LogP contribution >= 0.6 is 0 Å². The average Bonchev–Trinajstić information content (AvgIpc) is 2.68. The second-order valence-electron chi connectivity index (χ2n) is 9.36. The summed E-state index contributed by atoms with van der Waals surface area (Å²) in [5.74, 6) is -2.50. The number of amides is 1. The molecule has 1 aromatic heterocycles. The van der Waals surface area contributed by atoms with Crippen molar-refractivity contribution >= 4 is 27.7 Å². The molecule has 2 aliphatic heterocycles. The maximum absolute atomic E-state index is 14.1. The molecule has 1 amide bonds. The van der Waals surface area contributed by atoms with Gasteiger partial charge in [0.05, 0.1) is 12.5 Å². The molecule has 178 valence electrons. The Bertz CT molecular complexity index is 996. The number of aromatic nitrogens is 2. The maximum Gasteiger partial charge on any atom is 0.272 e. The van der Waals surface area contributed by atoms with Crippen molar-refractivity contribution in [2.24, 2.45) is 0 Å². The minimum absolute atomic E-state index is 0.0461. The molecule has 1 saturated carbocycles. The van der Waals surface area contributed by atoms with E-state index in [0.717, 1.165) is 0 Å². The molecule has 3 aliphatic rings. The quantitative estimate of drug-likeness (QED) is 0.716. The maximum atomic E-state index is 14.1. The number of nitrogens with one attached hydrogen (secondary N) is 1. The van der Waals surface area contributed by atoms with E-state index in [-0.39, 0.29) is 30.0 Å². The largest absolute Gasteiger partial charge is 0.472 e. The number of rotatable bonds is 4. The van der Waals surface area contributed by atoms with E-state index in [0.29, 0.717) is 38.8 Å². The summed E-state index contributed by atoms with van der Waals surface area (Å²) in [4.78, 5) is 23.3. The van der Waals surface area contributed by atoms with Gasteiger partial charge in [-0.3, -0.25) is 9.69 Å². The third kappa shape index (κ3) is 4.66. The van der Waals surface area contributed by atoms with Crippen LogP contribution in [0.1, 0.15) is 52.4 Å². The first-order valence-corrected chi connectivity index (χ1v) is 12.7. The minimum Gasteiger partial charge on any atom is -0.472 e. The zero-order valence-corrected chi connectivity index (χ0v) is 19.3. The molecule has 2 fully saturated rings. The highest BCUT2D eigenvalue weighted by atomic mass is 32.2. The lowest BCUT2D eigenvalue weighted by Gasteiger charge is -2.43. The van der Waals surface area contributed by atoms with E-state index in [4.69, 9.17) is 4.74 Å². The first-order valence-electron chi connectivity index (χ1n) is 10.8. The Kier molecular flexibility index (Phi) is 5.81. The summed E-state index contributed by atoms with van der Waals surface area (Å²) in [6.45, 7) is 3.99. The lowest BCUT2D eigenvalue weighted by atomic mass is 9.89. The first-order chi connectivity index (χ1) is 14.9. The minimum atomic E-state index is -3.23. The number of halogens is 2. The smallest absolute Gasteiger partial charge is 0.272 e. The topological polar surface area (TPSA) is 105 Å². The number of anilines is 2. The Morgan fingerprint density at radius 2 is 1.91 bits per heavy atom. The molecule has 12 heteroatoms. The van der Waals surface area contributed by atoms with Gasteiger partial charge in [-0.15, -0.1) is 0 Å². The van der Waals surface area contributed by atoms with Gasteiger partial charge in [0, 0.05) is 38.0 Å². The van der Waals surface area contributed by atoms with Crippen LogP contribution in [-0.4, -0.2) is 71.6 Å². The predicted molar refractivity (Wildman–Crippen MR) is 114 cm³/mol. The van der Waals surface area contributed by atoms with Crippen LogP contribution in [0.4, 0.5) is 20.5 Å². The number of nitrogens with zero attached hydrogens (tertiary/aromatic N) is 4. The molecule has 32 heavy (non-hydrogen) atoms. The van der Waals surface area contributed by atoms with E-state index >= 15 is 0 Å². The number of carbonyl (C=O) groups excluding carboxylic acids is 1. The van der Waals surface area contributed by atoms with Crippen molar-refractivity contribution in [2.75, 3.05) is 29.6 Å². The van der Waals surface area contributed by atoms with Gasteiger partial charge >= 0.3 is 0 Å². The van der Waals surface area contributed by atoms with Crippen molar-refractivity contribution in [1.29, 1.82) is 0 Å². The number of ether oxygens (including phenoxy) is 1. The fraction of sp³-hybridized carbons (Fsp3) is 0.750. The summed E-state index contributed by atoms with van der Waals surface area (Å²) in [5, 5.41) is 3.19. The number of carbonyl (C=O) groups is 1. The van der Waals surface area contributed by atoms with Gasteiger partial charge in [-0.1, -0.05) is 0 Å². The molecule has 1 saturated heterocycles. The molecule has 1 aromatic rings. The van der Waals surface area contributed by atoms with Crippen molar-refractivity contribution in [3.63, 3.8) is 0 Å². The number of hydrogen-bond donors (Lipinski definition) is 1. The van der Waals surface area contributed by atoms with Gasteiger partial charge in [0.25, 0.3) is 5.91 Å². The normalized spacial score (nSPS) is 26.3. The third-order valence-corrected chi connectivity index (χ3v) is 7.60. The van der Waals surface area contributed by atoms with Gasteiger partial charge in [0.1, 0.15) is 0 Å². The van der Waals surface area contributed by atoms with E-state index in [1.165, 1.54) is 21.7 Å². The van der Waals surface area contributed by atoms with Crippen LogP contribution in [0.2, 0.25) is 0 Å². The van der Waals surface area contributed by atoms with Crippen LogP contribution in [0.25, 0.3) is 0 Å². The van der Waals surface area contributed by atoms with Crippen LogP contribution in [0.3, 0.4) is 0 Å². The molecule has 3 heterocycles. The fourth-order valence-corrected chi connectivity index (χ4v) is 5.47. The molecule has 9 nitrogen and oxygen atoms in total. The van der Waals surface area contributed by atoms with Crippen molar-refractivity contribution < 1.29 is 26.7 Å². The molecule has 0 unspecified atom stereocenters. The molecular weight excluding hydrogens is 444 g/mol. The third-order valence-electron chi connectivity index (χ3n) is 6.30. The molecule has 0 radical (unpaired) electrons. The Labute approximate surface area is 186 Å². The second-order valence-corrected chi connectivity index (χ2v) is 11.3. The van der Waals surface area contributed by atoms with Gasteiger partial charge < -0.3 is 10.1 Å². The van der Waals surface area contributed by atoms with Crippen LogP contribution in [0.15, 0.2) is 6.20 Å². The van der Waals surface area contributed by atoms with Gasteiger partial charge in [-0.25, -0.2) is 26.5 Å². The molecule has 0 spiro atoms. The Balaban J connectivity index is 1.57.